The van der Waals surface area contributed by atoms with E-state index in [0.717, 1.165) is 11.8 Å². The molecule has 0 saturated carbocycles. The van der Waals surface area contributed by atoms with Gasteiger partial charge >= 0.3 is 5.63 Å². The largest absolute Gasteiger partial charge is 0.467 e. The third-order valence-corrected chi connectivity index (χ3v) is 3.83. The lowest BCUT2D eigenvalue weighted by Gasteiger charge is -2.08. The van der Waals surface area contributed by atoms with Crippen molar-refractivity contribution in [3.63, 3.8) is 0 Å². The van der Waals surface area contributed by atoms with E-state index in [1.807, 2.05) is 18.2 Å². The Morgan fingerprint density at radius 3 is 2.65 bits per heavy atom. The summed E-state index contributed by atoms with van der Waals surface area (Å²) in [5.41, 5.74) is 0.830. The number of hydrogen-bond donors (Lipinski definition) is 0. The van der Waals surface area contributed by atoms with E-state index in [1.54, 1.807) is 13.0 Å². The lowest BCUT2D eigenvalue weighted by Crippen LogP contribution is -2.05. The van der Waals surface area contributed by atoms with E-state index in [0.29, 0.717) is 23.5 Å². The highest BCUT2D eigenvalue weighted by Gasteiger charge is 2.03. The highest BCUT2D eigenvalue weighted by Crippen LogP contribution is 2.20. The van der Waals surface area contributed by atoms with Crippen molar-refractivity contribution < 1.29 is 13.9 Å². The Bertz CT molecular complexity index is 660. The summed E-state index contributed by atoms with van der Waals surface area (Å²) in [6.45, 7) is 4.90. The third-order valence-electron chi connectivity index (χ3n) is 3.83. The molecule has 0 aliphatic carbocycles. The summed E-state index contributed by atoms with van der Waals surface area (Å²) in [5.74, 6) is 0.646. The molecule has 2 aromatic rings. The molecule has 0 N–H and O–H groups in total. The molecule has 0 radical (unpaired) electrons. The zero-order valence-electron chi connectivity index (χ0n) is 14.1. The van der Waals surface area contributed by atoms with Gasteiger partial charge in [-0.2, -0.15) is 0 Å². The first-order chi connectivity index (χ1) is 11.2. The Balaban J connectivity index is 1.71. The number of hydrogen-bond acceptors (Lipinski definition) is 4. The molecule has 4 heteroatoms. The van der Waals surface area contributed by atoms with E-state index < -0.39 is 0 Å². The second kappa shape index (κ2) is 9.36. The molecule has 126 valence electrons. The molecule has 0 spiro atoms. The number of ether oxygens (including phenoxy) is 2. The van der Waals surface area contributed by atoms with Crippen molar-refractivity contribution in [3.05, 3.63) is 40.2 Å². The zero-order valence-corrected chi connectivity index (χ0v) is 14.1. The van der Waals surface area contributed by atoms with Crippen LogP contribution in [0.4, 0.5) is 0 Å². The fraction of sp³-hybridized carbons (Fsp3) is 0.526. The van der Waals surface area contributed by atoms with Crippen LogP contribution in [0.1, 0.15) is 51.0 Å². The molecular weight excluding hydrogens is 292 g/mol. The molecular formula is C19H26O4. The summed E-state index contributed by atoms with van der Waals surface area (Å²) >= 11 is 0. The Hall–Kier alpha value is -1.81. The standard InChI is InChI=1S/C19H26O4/c1-3-4-5-6-7-8-11-21-14-22-17-10-9-16-12-15(2)19(20)23-18(16)13-17/h9-10,12-13H,3-8,11,14H2,1-2H3. The minimum absolute atomic E-state index is 0.219. The van der Waals surface area contributed by atoms with Crippen molar-refractivity contribution in [3.8, 4) is 5.75 Å². The van der Waals surface area contributed by atoms with Gasteiger partial charge in [0.05, 0.1) is 6.61 Å². The van der Waals surface area contributed by atoms with Crippen LogP contribution in [0.15, 0.2) is 33.5 Å². The predicted molar refractivity (Wildman–Crippen MR) is 92.0 cm³/mol. The second-order valence-electron chi connectivity index (χ2n) is 5.85. The van der Waals surface area contributed by atoms with Crippen molar-refractivity contribution in [2.45, 2.75) is 52.4 Å². The SMILES string of the molecule is CCCCCCCCOCOc1ccc2cc(C)c(=O)oc2c1. The van der Waals surface area contributed by atoms with Crippen LogP contribution in [-0.4, -0.2) is 13.4 Å². The number of fused-ring (bicyclic) bond motifs is 1. The average molecular weight is 318 g/mol. The van der Waals surface area contributed by atoms with Crippen LogP contribution >= 0.6 is 0 Å². The molecule has 0 aliphatic heterocycles. The van der Waals surface area contributed by atoms with Gasteiger partial charge in [0.25, 0.3) is 0 Å². The van der Waals surface area contributed by atoms with E-state index in [9.17, 15) is 4.79 Å². The zero-order chi connectivity index (χ0) is 16.5. The van der Waals surface area contributed by atoms with Crippen LogP contribution < -0.4 is 10.4 Å². The van der Waals surface area contributed by atoms with Gasteiger partial charge in [-0.3, -0.25) is 0 Å². The topological polar surface area (TPSA) is 48.7 Å². The molecule has 0 atom stereocenters. The van der Waals surface area contributed by atoms with Gasteiger partial charge < -0.3 is 13.9 Å². The quantitative estimate of drug-likeness (QED) is 0.358. The maximum atomic E-state index is 11.5. The Morgan fingerprint density at radius 1 is 1.04 bits per heavy atom. The number of unbranched alkanes of at least 4 members (excludes halogenated alkanes) is 5. The molecule has 0 unspecified atom stereocenters. The first-order valence-corrected chi connectivity index (χ1v) is 8.46. The average Bonchev–Trinajstić information content (AvgIpc) is 2.54. The molecule has 0 saturated heterocycles. The first kappa shape index (κ1) is 17.5. The molecule has 1 aromatic heterocycles. The number of rotatable bonds is 10. The van der Waals surface area contributed by atoms with Gasteiger partial charge in [0, 0.05) is 17.0 Å². The third kappa shape index (κ3) is 5.71. The number of aryl methyl sites for hydroxylation is 1. The summed E-state index contributed by atoms with van der Waals surface area (Å²) in [5, 5.41) is 0.891. The lowest BCUT2D eigenvalue weighted by atomic mass is 10.1. The van der Waals surface area contributed by atoms with Crippen molar-refractivity contribution >= 4 is 11.0 Å². The Labute approximate surface area is 137 Å². The lowest BCUT2D eigenvalue weighted by molar-refractivity contribution is 0.0135. The van der Waals surface area contributed by atoms with Crippen LogP contribution in [0.2, 0.25) is 0 Å². The maximum absolute atomic E-state index is 11.5. The Kier molecular flexibility index (Phi) is 7.14. The second-order valence-corrected chi connectivity index (χ2v) is 5.85. The highest BCUT2D eigenvalue weighted by molar-refractivity contribution is 5.78. The summed E-state index contributed by atoms with van der Waals surface area (Å²) < 4.78 is 16.3. The van der Waals surface area contributed by atoms with E-state index in [2.05, 4.69) is 6.92 Å². The van der Waals surface area contributed by atoms with Crippen LogP contribution in [0.3, 0.4) is 0 Å². The van der Waals surface area contributed by atoms with Crippen LogP contribution in [0, 0.1) is 6.92 Å². The maximum Gasteiger partial charge on any atom is 0.339 e. The van der Waals surface area contributed by atoms with Gasteiger partial charge in [0.1, 0.15) is 11.3 Å². The molecule has 0 bridgehead atoms. The Morgan fingerprint density at radius 2 is 1.83 bits per heavy atom. The highest BCUT2D eigenvalue weighted by atomic mass is 16.7. The van der Waals surface area contributed by atoms with Gasteiger partial charge in [-0.25, -0.2) is 4.79 Å². The molecule has 1 aromatic carbocycles. The van der Waals surface area contributed by atoms with Crippen LogP contribution in [0.25, 0.3) is 11.0 Å². The molecule has 2 rings (SSSR count). The molecule has 0 amide bonds. The van der Waals surface area contributed by atoms with Crippen molar-refractivity contribution in [2.75, 3.05) is 13.4 Å². The minimum atomic E-state index is -0.311. The van der Waals surface area contributed by atoms with Crippen molar-refractivity contribution in [1.29, 1.82) is 0 Å². The van der Waals surface area contributed by atoms with Crippen molar-refractivity contribution in [2.24, 2.45) is 0 Å². The molecule has 0 aliphatic rings. The first-order valence-electron chi connectivity index (χ1n) is 8.46. The smallest absolute Gasteiger partial charge is 0.339 e. The van der Waals surface area contributed by atoms with E-state index in [4.69, 9.17) is 13.9 Å². The van der Waals surface area contributed by atoms with Crippen LogP contribution in [-0.2, 0) is 4.74 Å². The summed E-state index contributed by atoms with van der Waals surface area (Å²) in [4.78, 5) is 11.5. The van der Waals surface area contributed by atoms with E-state index in [-0.39, 0.29) is 12.4 Å². The van der Waals surface area contributed by atoms with E-state index in [1.165, 1.54) is 32.1 Å². The van der Waals surface area contributed by atoms with Gasteiger partial charge in [-0.05, 0) is 31.5 Å². The normalized spacial score (nSPS) is 11.0. The fourth-order valence-corrected chi connectivity index (χ4v) is 2.44. The van der Waals surface area contributed by atoms with E-state index >= 15 is 0 Å². The molecule has 23 heavy (non-hydrogen) atoms. The van der Waals surface area contributed by atoms with Gasteiger partial charge in [-0.1, -0.05) is 39.0 Å². The molecule has 1 heterocycles. The fourth-order valence-electron chi connectivity index (χ4n) is 2.44. The minimum Gasteiger partial charge on any atom is -0.467 e. The van der Waals surface area contributed by atoms with Crippen LogP contribution in [0.5, 0.6) is 5.75 Å². The summed E-state index contributed by atoms with van der Waals surface area (Å²) in [7, 11) is 0. The monoisotopic (exact) mass is 318 g/mol. The molecule has 0 fully saturated rings. The van der Waals surface area contributed by atoms with Crippen molar-refractivity contribution in [1.82, 2.24) is 0 Å². The number of benzene rings is 1. The van der Waals surface area contributed by atoms with Gasteiger partial charge in [-0.15, -0.1) is 0 Å². The summed E-state index contributed by atoms with van der Waals surface area (Å²) in [6.07, 6.45) is 7.47. The predicted octanol–water partition coefficient (Wildman–Crippen LogP) is 4.81. The summed E-state index contributed by atoms with van der Waals surface area (Å²) in [6, 6.07) is 7.29. The van der Waals surface area contributed by atoms with Gasteiger partial charge in [0.15, 0.2) is 6.79 Å². The van der Waals surface area contributed by atoms with Gasteiger partial charge in [0.2, 0.25) is 0 Å². The molecule has 4 nitrogen and oxygen atoms in total.